The highest BCUT2D eigenvalue weighted by atomic mass is 16.3. The number of nitrogens with zero attached hydrogens (tertiary/aromatic N) is 1. The Morgan fingerprint density at radius 2 is 1.88 bits per heavy atom. The first-order valence-electron chi connectivity index (χ1n) is 8.73. The van der Waals surface area contributed by atoms with Crippen molar-refractivity contribution >= 4 is 5.91 Å². The van der Waals surface area contributed by atoms with E-state index in [9.17, 15) is 9.90 Å². The lowest BCUT2D eigenvalue weighted by Crippen LogP contribution is -2.28. The van der Waals surface area contributed by atoms with Crippen LogP contribution < -0.4 is 5.32 Å². The fourth-order valence-corrected chi connectivity index (χ4v) is 2.93. The molecular formula is C21H28N2O2. The molecule has 0 heterocycles. The summed E-state index contributed by atoms with van der Waals surface area (Å²) in [4.78, 5) is 14.5. The minimum absolute atomic E-state index is 0.00788. The average Bonchev–Trinajstić information content (AvgIpc) is 2.59. The van der Waals surface area contributed by atoms with Crippen LogP contribution in [0.2, 0.25) is 0 Å². The van der Waals surface area contributed by atoms with Gasteiger partial charge >= 0.3 is 0 Å². The van der Waals surface area contributed by atoms with E-state index in [-0.39, 0.29) is 17.6 Å². The van der Waals surface area contributed by atoms with Gasteiger partial charge in [0.15, 0.2) is 0 Å². The van der Waals surface area contributed by atoms with E-state index in [0.29, 0.717) is 13.0 Å². The molecule has 4 heteroatoms. The molecule has 0 aliphatic carbocycles. The van der Waals surface area contributed by atoms with E-state index < -0.39 is 0 Å². The Balaban J connectivity index is 2.13. The van der Waals surface area contributed by atoms with Crippen LogP contribution in [0.25, 0.3) is 0 Å². The SMILES string of the molecule is Cc1ccc(O)c([C@@H](CC(=O)NCCCN(C)C)c2ccccc2)c1. The highest BCUT2D eigenvalue weighted by molar-refractivity contribution is 5.77. The predicted octanol–water partition coefficient (Wildman–Crippen LogP) is 3.29. The van der Waals surface area contributed by atoms with Gasteiger partial charge in [-0.1, -0.05) is 48.0 Å². The summed E-state index contributed by atoms with van der Waals surface area (Å²) in [7, 11) is 4.04. The third kappa shape index (κ3) is 5.91. The highest BCUT2D eigenvalue weighted by Crippen LogP contribution is 2.34. The van der Waals surface area contributed by atoms with Crippen molar-refractivity contribution in [2.75, 3.05) is 27.2 Å². The van der Waals surface area contributed by atoms with Crippen molar-refractivity contribution in [1.29, 1.82) is 0 Å². The van der Waals surface area contributed by atoms with Gasteiger partial charge in [-0.05, 0) is 45.6 Å². The minimum Gasteiger partial charge on any atom is -0.508 e. The summed E-state index contributed by atoms with van der Waals surface area (Å²) in [6.45, 7) is 3.60. The van der Waals surface area contributed by atoms with Crippen LogP contribution in [0.1, 0.15) is 35.4 Å². The Kier molecular flexibility index (Phi) is 7.02. The van der Waals surface area contributed by atoms with Crippen LogP contribution in [0.5, 0.6) is 5.75 Å². The second-order valence-electron chi connectivity index (χ2n) is 6.74. The lowest BCUT2D eigenvalue weighted by molar-refractivity contribution is -0.121. The summed E-state index contributed by atoms with van der Waals surface area (Å²) in [6.07, 6.45) is 1.24. The maximum atomic E-state index is 12.4. The standard InChI is InChI=1S/C21H28N2O2/c1-16-10-11-20(24)19(14-16)18(17-8-5-4-6-9-17)15-21(25)22-12-7-13-23(2)3/h4-6,8-11,14,18,24H,7,12-13,15H2,1-3H3,(H,22,25)/t18-/m0/s1. The van der Waals surface area contributed by atoms with Gasteiger partial charge in [-0.2, -0.15) is 0 Å². The van der Waals surface area contributed by atoms with E-state index in [1.807, 2.05) is 63.5 Å². The minimum atomic E-state index is -0.157. The van der Waals surface area contributed by atoms with E-state index >= 15 is 0 Å². The zero-order valence-electron chi connectivity index (χ0n) is 15.3. The average molecular weight is 340 g/mol. The number of carbonyl (C=O) groups is 1. The number of amides is 1. The number of aromatic hydroxyl groups is 1. The summed E-state index contributed by atoms with van der Waals surface area (Å²) < 4.78 is 0. The third-order valence-electron chi connectivity index (χ3n) is 4.25. The Morgan fingerprint density at radius 3 is 2.56 bits per heavy atom. The Hall–Kier alpha value is -2.33. The second kappa shape index (κ2) is 9.23. The number of carbonyl (C=O) groups excluding carboxylic acids is 1. The molecule has 2 aromatic carbocycles. The molecule has 134 valence electrons. The van der Waals surface area contributed by atoms with Gasteiger partial charge in [-0.15, -0.1) is 0 Å². The molecule has 0 aliphatic rings. The number of rotatable bonds is 8. The smallest absolute Gasteiger partial charge is 0.220 e. The van der Waals surface area contributed by atoms with Crippen LogP contribution in [0.3, 0.4) is 0 Å². The molecule has 2 N–H and O–H groups in total. The molecule has 0 spiro atoms. The predicted molar refractivity (Wildman–Crippen MR) is 102 cm³/mol. The van der Waals surface area contributed by atoms with Gasteiger partial charge in [0.1, 0.15) is 5.75 Å². The number of benzene rings is 2. The third-order valence-corrected chi connectivity index (χ3v) is 4.25. The van der Waals surface area contributed by atoms with Crippen molar-refractivity contribution in [2.45, 2.75) is 25.7 Å². The first-order valence-corrected chi connectivity index (χ1v) is 8.73. The van der Waals surface area contributed by atoms with Crippen LogP contribution >= 0.6 is 0 Å². The molecule has 1 amide bonds. The van der Waals surface area contributed by atoms with Gasteiger partial charge in [-0.25, -0.2) is 0 Å². The molecular weight excluding hydrogens is 312 g/mol. The van der Waals surface area contributed by atoms with Gasteiger partial charge in [0.05, 0.1) is 0 Å². The van der Waals surface area contributed by atoms with Gasteiger partial charge in [-0.3, -0.25) is 4.79 Å². The van der Waals surface area contributed by atoms with Crippen molar-refractivity contribution < 1.29 is 9.90 Å². The van der Waals surface area contributed by atoms with Crippen LogP contribution in [-0.4, -0.2) is 43.1 Å². The molecule has 2 rings (SSSR count). The molecule has 2 aromatic rings. The fourth-order valence-electron chi connectivity index (χ4n) is 2.93. The number of hydrogen-bond acceptors (Lipinski definition) is 3. The van der Waals surface area contributed by atoms with E-state index in [1.54, 1.807) is 6.07 Å². The monoisotopic (exact) mass is 340 g/mol. The van der Waals surface area contributed by atoms with Crippen molar-refractivity contribution in [2.24, 2.45) is 0 Å². The topological polar surface area (TPSA) is 52.6 Å². The Morgan fingerprint density at radius 1 is 1.16 bits per heavy atom. The highest BCUT2D eigenvalue weighted by Gasteiger charge is 2.21. The molecule has 0 fully saturated rings. The molecule has 25 heavy (non-hydrogen) atoms. The zero-order valence-corrected chi connectivity index (χ0v) is 15.3. The van der Waals surface area contributed by atoms with Crippen LogP contribution in [0.15, 0.2) is 48.5 Å². The van der Waals surface area contributed by atoms with Crippen molar-refractivity contribution in [3.8, 4) is 5.75 Å². The molecule has 0 aliphatic heterocycles. The van der Waals surface area contributed by atoms with Crippen LogP contribution in [0, 0.1) is 6.92 Å². The lowest BCUT2D eigenvalue weighted by Gasteiger charge is -2.20. The van der Waals surface area contributed by atoms with E-state index in [4.69, 9.17) is 0 Å². The maximum absolute atomic E-state index is 12.4. The van der Waals surface area contributed by atoms with Gasteiger partial charge < -0.3 is 15.3 Å². The summed E-state index contributed by atoms with van der Waals surface area (Å²) >= 11 is 0. The van der Waals surface area contributed by atoms with Crippen molar-refractivity contribution in [3.63, 3.8) is 0 Å². The van der Waals surface area contributed by atoms with Crippen LogP contribution in [0.4, 0.5) is 0 Å². The number of nitrogens with one attached hydrogen (secondary N) is 1. The molecule has 0 unspecified atom stereocenters. The Labute approximate surface area is 150 Å². The molecule has 0 saturated carbocycles. The number of phenols is 1. The van der Waals surface area contributed by atoms with E-state index in [1.165, 1.54) is 0 Å². The van der Waals surface area contributed by atoms with Gasteiger partial charge in [0.25, 0.3) is 0 Å². The molecule has 0 aromatic heterocycles. The molecule has 0 bridgehead atoms. The molecule has 4 nitrogen and oxygen atoms in total. The number of hydrogen-bond donors (Lipinski definition) is 2. The second-order valence-corrected chi connectivity index (χ2v) is 6.74. The lowest BCUT2D eigenvalue weighted by atomic mass is 9.87. The maximum Gasteiger partial charge on any atom is 0.220 e. The number of aryl methyl sites for hydroxylation is 1. The van der Waals surface area contributed by atoms with E-state index in [2.05, 4.69) is 10.2 Å². The largest absolute Gasteiger partial charge is 0.508 e. The number of phenolic OH excluding ortho intramolecular Hbond substituents is 1. The first kappa shape index (κ1) is 19.0. The normalized spacial score (nSPS) is 12.2. The first-order chi connectivity index (χ1) is 12.0. The van der Waals surface area contributed by atoms with E-state index in [0.717, 1.165) is 29.7 Å². The molecule has 0 saturated heterocycles. The van der Waals surface area contributed by atoms with Crippen molar-refractivity contribution in [3.05, 3.63) is 65.2 Å². The van der Waals surface area contributed by atoms with Crippen LogP contribution in [-0.2, 0) is 4.79 Å². The van der Waals surface area contributed by atoms with Gasteiger partial charge in [0, 0.05) is 24.4 Å². The summed E-state index contributed by atoms with van der Waals surface area (Å²) in [5, 5.41) is 13.3. The molecule has 0 radical (unpaired) electrons. The van der Waals surface area contributed by atoms with Gasteiger partial charge in [0.2, 0.25) is 5.91 Å². The summed E-state index contributed by atoms with van der Waals surface area (Å²) in [5.41, 5.74) is 2.90. The summed E-state index contributed by atoms with van der Waals surface area (Å²) in [6, 6.07) is 15.4. The zero-order chi connectivity index (χ0) is 18.2. The molecule has 1 atom stereocenters. The summed E-state index contributed by atoms with van der Waals surface area (Å²) in [5.74, 6) is 0.0864. The Bertz CT molecular complexity index is 684. The fraction of sp³-hybridized carbons (Fsp3) is 0.381. The quantitative estimate of drug-likeness (QED) is 0.725. The van der Waals surface area contributed by atoms with Crippen molar-refractivity contribution in [1.82, 2.24) is 10.2 Å².